The molecule has 0 heterocycles. The van der Waals surface area contributed by atoms with Gasteiger partial charge in [-0.2, -0.15) is 13.2 Å². The number of carbonyl (C=O) groups is 1. The molecule has 0 atom stereocenters. The summed E-state index contributed by atoms with van der Waals surface area (Å²) in [6.07, 6.45) is -4.37. The molecule has 0 aromatic heterocycles. The SMILES string of the molecule is CN=C(NCC(=O)Nc1ccc(F)cc1)NCc1ccc(C(F)(F)F)cc1. The Hall–Kier alpha value is -3.10. The van der Waals surface area contributed by atoms with E-state index in [2.05, 4.69) is 20.9 Å². The van der Waals surface area contributed by atoms with Crippen molar-refractivity contribution in [2.24, 2.45) is 4.99 Å². The van der Waals surface area contributed by atoms with Crippen LogP contribution in [0.4, 0.5) is 23.2 Å². The summed E-state index contributed by atoms with van der Waals surface area (Å²) in [5.74, 6) is -0.456. The molecule has 0 bridgehead atoms. The number of aliphatic imine (C=N–C) groups is 1. The maximum Gasteiger partial charge on any atom is 0.416 e. The molecule has 3 N–H and O–H groups in total. The second-order valence-corrected chi connectivity index (χ2v) is 5.53. The molecule has 2 rings (SSSR count). The molecule has 144 valence electrons. The van der Waals surface area contributed by atoms with Gasteiger partial charge in [0.2, 0.25) is 5.91 Å². The lowest BCUT2D eigenvalue weighted by Gasteiger charge is -2.13. The molecular formula is C18H18F4N4O. The molecule has 0 unspecified atom stereocenters. The molecule has 0 saturated carbocycles. The monoisotopic (exact) mass is 382 g/mol. The summed E-state index contributed by atoms with van der Waals surface area (Å²) in [5.41, 5.74) is 0.365. The molecular weight excluding hydrogens is 364 g/mol. The Morgan fingerprint density at radius 2 is 1.63 bits per heavy atom. The van der Waals surface area contributed by atoms with Gasteiger partial charge in [0.1, 0.15) is 5.82 Å². The summed E-state index contributed by atoms with van der Waals surface area (Å²) in [7, 11) is 1.50. The fourth-order valence-corrected chi connectivity index (χ4v) is 2.12. The highest BCUT2D eigenvalue weighted by atomic mass is 19.4. The smallest absolute Gasteiger partial charge is 0.352 e. The number of rotatable bonds is 5. The Balaban J connectivity index is 1.80. The van der Waals surface area contributed by atoms with Crippen LogP contribution in [-0.2, 0) is 17.5 Å². The number of nitrogens with one attached hydrogen (secondary N) is 3. The van der Waals surface area contributed by atoms with Crippen molar-refractivity contribution in [1.82, 2.24) is 10.6 Å². The highest BCUT2D eigenvalue weighted by Gasteiger charge is 2.29. The van der Waals surface area contributed by atoms with E-state index in [-0.39, 0.29) is 19.0 Å². The molecule has 5 nitrogen and oxygen atoms in total. The molecule has 1 amide bonds. The topological polar surface area (TPSA) is 65.5 Å². The summed E-state index contributed by atoms with van der Waals surface area (Å²) >= 11 is 0. The van der Waals surface area contributed by atoms with E-state index in [1.807, 2.05) is 0 Å². The number of amides is 1. The first-order chi connectivity index (χ1) is 12.8. The second kappa shape index (κ2) is 9.02. The fourth-order valence-electron chi connectivity index (χ4n) is 2.12. The first-order valence-corrected chi connectivity index (χ1v) is 7.94. The Morgan fingerprint density at radius 3 is 2.19 bits per heavy atom. The third-order valence-electron chi connectivity index (χ3n) is 3.51. The number of carbonyl (C=O) groups excluding carboxylic acids is 1. The number of alkyl halides is 3. The van der Waals surface area contributed by atoms with E-state index < -0.39 is 17.6 Å². The van der Waals surface area contributed by atoms with Gasteiger partial charge < -0.3 is 16.0 Å². The summed E-state index contributed by atoms with van der Waals surface area (Å²) in [4.78, 5) is 15.8. The van der Waals surface area contributed by atoms with Crippen LogP contribution in [0, 0.1) is 5.82 Å². The number of halogens is 4. The number of hydrogen-bond acceptors (Lipinski definition) is 2. The van der Waals surface area contributed by atoms with Gasteiger partial charge in [0.05, 0.1) is 12.1 Å². The van der Waals surface area contributed by atoms with Crippen molar-refractivity contribution in [3.63, 3.8) is 0 Å². The number of benzene rings is 2. The molecule has 0 aliphatic carbocycles. The van der Waals surface area contributed by atoms with E-state index in [1.165, 1.54) is 43.4 Å². The standard InChI is InChI=1S/C18H18F4N4O/c1-23-17(24-10-12-2-4-13(5-3-12)18(20,21)22)25-11-16(27)26-15-8-6-14(19)7-9-15/h2-9H,10-11H2,1H3,(H,26,27)(H2,23,24,25). The number of hydrogen-bond donors (Lipinski definition) is 3. The van der Waals surface area contributed by atoms with Crippen LogP contribution in [0.5, 0.6) is 0 Å². The minimum Gasteiger partial charge on any atom is -0.352 e. The Bertz CT molecular complexity index is 787. The lowest BCUT2D eigenvalue weighted by atomic mass is 10.1. The van der Waals surface area contributed by atoms with Crippen LogP contribution >= 0.6 is 0 Å². The number of anilines is 1. The van der Waals surface area contributed by atoms with Crippen LogP contribution in [0.1, 0.15) is 11.1 Å². The van der Waals surface area contributed by atoms with E-state index in [0.717, 1.165) is 12.1 Å². The van der Waals surface area contributed by atoms with Crippen molar-refractivity contribution in [2.45, 2.75) is 12.7 Å². The normalized spacial score (nSPS) is 11.8. The molecule has 2 aromatic carbocycles. The summed E-state index contributed by atoms with van der Waals surface area (Å²) in [6, 6.07) is 10.1. The van der Waals surface area contributed by atoms with Crippen LogP contribution in [0.25, 0.3) is 0 Å². The van der Waals surface area contributed by atoms with Gasteiger partial charge in [-0.1, -0.05) is 12.1 Å². The van der Waals surface area contributed by atoms with Crippen LogP contribution in [0.2, 0.25) is 0 Å². The predicted octanol–water partition coefficient (Wildman–Crippen LogP) is 3.15. The average molecular weight is 382 g/mol. The lowest BCUT2D eigenvalue weighted by Crippen LogP contribution is -2.41. The fraction of sp³-hybridized carbons (Fsp3) is 0.222. The van der Waals surface area contributed by atoms with Gasteiger partial charge in [-0.05, 0) is 42.0 Å². The molecule has 0 saturated heterocycles. The first-order valence-electron chi connectivity index (χ1n) is 7.94. The zero-order chi connectivity index (χ0) is 19.9. The molecule has 0 aliphatic rings. The van der Waals surface area contributed by atoms with E-state index in [0.29, 0.717) is 17.2 Å². The molecule has 0 aliphatic heterocycles. The highest BCUT2D eigenvalue weighted by molar-refractivity contribution is 5.94. The number of guanidine groups is 1. The minimum absolute atomic E-state index is 0.0932. The van der Waals surface area contributed by atoms with Crippen LogP contribution < -0.4 is 16.0 Å². The van der Waals surface area contributed by atoms with E-state index in [9.17, 15) is 22.4 Å². The van der Waals surface area contributed by atoms with Crippen molar-refractivity contribution in [2.75, 3.05) is 18.9 Å². The average Bonchev–Trinajstić information content (AvgIpc) is 2.63. The van der Waals surface area contributed by atoms with E-state index in [1.54, 1.807) is 0 Å². The van der Waals surface area contributed by atoms with Gasteiger partial charge in [0, 0.05) is 19.3 Å². The van der Waals surface area contributed by atoms with E-state index >= 15 is 0 Å². The molecule has 2 aromatic rings. The van der Waals surface area contributed by atoms with Crippen molar-refractivity contribution >= 4 is 17.6 Å². The third kappa shape index (κ3) is 6.61. The highest BCUT2D eigenvalue weighted by Crippen LogP contribution is 2.29. The molecule has 9 heteroatoms. The summed E-state index contributed by atoms with van der Waals surface area (Å²) in [6.45, 7) is 0.140. The van der Waals surface area contributed by atoms with Gasteiger partial charge in [0.15, 0.2) is 5.96 Å². The summed E-state index contributed by atoms with van der Waals surface area (Å²) in [5, 5.41) is 8.26. The zero-order valence-corrected chi connectivity index (χ0v) is 14.4. The first kappa shape index (κ1) is 20.2. The van der Waals surface area contributed by atoms with Gasteiger partial charge in [0.25, 0.3) is 0 Å². The Labute approximate surface area is 153 Å². The predicted molar refractivity (Wildman–Crippen MR) is 94.7 cm³/mol. The van der Waals surface area contributed by atoms with Crippen molar-refractivity contribution < 1.29 is 22.4 Å². The number of nitrogens with zero attached hydrogens (tertiary/aromatic N) is 1. The minimum atomic E-state index is -4.37. The van der Waals surface area contributed by atoms with Crippen LogP contribution in [0.3, 0.4) is 0 Å². The molecule has 27 heavy (non-hydrogen) atoms. The quantitative estimate of drug-likeness (QED) is 0.423. The van der Waals surface area contributed by atoms with Crippen LogP contribution in [0.15, 0.2) is 53.5 Å². The maximum atomic E-state index is 12.8. The van der Waals surface area contributed by atoms with Gasteiger partial charge >= 0.3 is 6.18 Å². The van der Waals surface area contributed by atoms with E-state index in [4.69, 9.17) is 0 Å². The maximum absolute atomic E-state index is 12.8. The second-order valence-electron chi connectivity index (χ2n) is 5.53. The van der Waals surface area contributed by atoms with Crippen molar-refractivity contribution in [3.8, 4) is 0 Å². The molecule has 0 radical (unpaired) electrons. The van der Waals surface area contributed by atoms with Gasteiger partial charge in [-0.15, -0.1) is 0 Å². The van der Waals surface area contributed by atoms with Crippen LogP contribution in [-0.4, -0.2) is 25.5 Å². The zero-order valence-electron chi connectivity index (χ0n) is 14.4. The van der Waals surface area contributed by atoms with Gasteiger partial charge in [-0.3, -0.25) is 9.79 Å². The van der Waals surface area contributed by atoms with Crippen molar-refractivity contribution in [3.05, 3.63) is 65.5 Å². The lowest BCUT2D eigenvalue weighted by molar-refractivity contribution is -0.137. The van der Waals surface area contributed by atoms with Gasteiger partial charge in [-0.25, -0.2) is 4.39 Å². The largest absolute Gasteiger partial charge is 0.416 e. The molecule has 0 spiro atoms. The Morgan fingerprint density at radius 1 is 1.00 bits per heavy atom. The summed E-state index contributed by atoms with van der Waals surface area (Å²) < 4.78 is 50.4. The Kier molecular flexibility index (Phi) is 6.75. The van der Waals surface area contributed by atoms with Crippen molar-refractivity contribution in [1.29, 1.82) is 0 Å². The molecule has 0 fully saturated rings. The third-order valence-corrected chi connectivity index (χ3v) is 3.51.